The number of benzene rings is 6. The van der Waals surface area contributed by atoms with E-state index in [-0.39, 0.29) is 59.3 Å². The molecule has 8 aliphatic rings. The van der Waals surface area contributed by atoms with Crippen LogP contribution >= 0.6 is 0 Å². The molecule has 0 bridgehead atoms. The van der Waals surface area contributed by atoms with Crippen molar-refractivity contribution in [1.29, 1.82) is 0 Å². The molecular formula is C64H72N12O10. The van der Waals surface area contributed by atoms with Crippen molar-refractivity contribution in [2.24, 2.45) is 17.0 Å². The quantitative estimate of drug-likeness (QED) is 0.0297. The van der Waals surface area contributed by atoms with Crippen LogP contribution in [0.2, 0.25) is 0 Å². The second kappa shape index (κ2) is 23.2. The van der Waals surface area contributed by atoms with Gasteiger partial charge >= 0.3 is 12.1 Å². The molecule has 0 aromatic heterocycles. The Morgan fingerprint density at radius 3 is 1.48 bits per heavy atom. The molecule has 86 heavy (non-hydrogen) atoms. The molecule has 6 aromatic carbocycles. The summed E-state index contributed by atoms with van der Waals surface area (Å²) in [6, 6.07) is 33.3. The van der Waals surface area contributed by atoms with Crippen molar-refractivity contribution in [2.45, 2.75) is 49.1 Å². The molecule has 6 atom stereocenters. The molecule has 6 aromatic rings. The highest BCUT2D eigenvalue weighted by atomic mass is 16.5. The smallest absolute Gasteiger partial charge is 0.328 e. The largest absolute Gasteiger partial charge is 0.504 e. The number of morpholine rings is 2. The number of nitrogens with two attached hydrogens (primary N) is 1. The number of phenols is 2. The molecule has 448 valence electrons. The number of likely N-dealkylation sites (tertiary alicyclic amines) is 2. The molecule has 8 aliphatic heterocycles. The predicted molar refractivity (Wildman–Crippen MR) is 321 cm³/mol. The average molecular weight is 1170 g/mol. The highest BCUT2D eigenvalue weighted by Gasteiger charge is 2.71. The minimum Gasteiger partial charge on any atom is -0.504 e. The number of hydrogen-bond donors (Lipinski definition) is 3. The molecular weight excluding hydrogens is 1100 g/mol. The van der Waals surface area contributed by atoms with Gasteiger partial charge in [0.25, 0.3) is 11.8 Å². The van der Waals surface area contributed by atoms with Crippen molar-refractivity contribution in [1.82, 2.24) is 39.2 Å². The first-order chi connectivity index (χ1) is 41.8. The molecule has 0 saturated carbocycles. The van der Waals surface area contributed by atoms with E-state index in [9.17, 15) is 29.4 Å². The summed E-state index contributed by atoms with van der Waals surface area (Å²) >= 11 is 0. The van der Waals surface area contributed by atoms with Crippen LogP contribution in [0.4, 0.5) is 21.0 Å². The van der Waals surface area contributed by atoms with E-state index in [2.05, 4.69) is 35.7 Å². The number of phenolic OH excluding ortho intramolecular Hbond substituents is 2. The number of imide groups is 2. The normalized spacial score (nSPS) is 25.8. The number of rotatable bonds is 15. The molecule has 8 fully saturated rings. The molecule has 2 spiro atoms. The molecule has 4 N–H and O–H groups in total. The van der Waals surface area contributed by atoms with E-state index in [4.69, 9.17) is 30.2 Å². The molecule has 8 saturated heterocycles. The van der Waals surface area contributed by atoms with E-state index in [1.165, 1.54) is 24.0 Å². The number of azide groups is 1. The van der Waals surface area contributed by atoms with Crippen LogP contribution in [0.1, 0.15) is 47.2 Å². The monoisotopic (exact) mass is 1170 g/mol. The van der Waals surface area contributed by atoms with Gasteiger partial charge in [-0.3, -0.25) is 39.0 Å². The second-order valence-electron chi connectivity index (χ2n) is 23.9. The fourth-order valence-corrected chi connectivity index (χ4v) is 15.4. The number of ether oxygens (including phenoxy) is 4. The maximum Gasteiger partial charge on any atom is 0.328 e. The van der Waals surface area contributed by atoms with Crippen molar-refractivity contribution >= 4 is 56.8 Å². The lowest BCUT2D eigenvalue weighted by Gasteiger charge is -2.32. The minimum absolute atomic E-state index is 0.0181. The fourth-order valence-electron chi connectivity index (χ4n) is 15.4. The molecule has 14 rings (SSSR count). The van der Waals surface area contributed by atoms with E-state index in [0.717, 1.165) is 70.0 Å². The van der Waals surface area contributed by atoms with Gasteiger partial charge in [-0.1, -0.05) is 84.0 Å². The molecule has 0 unspecified atom stereocenters. The first-order valence-corrected chi connectivity index (χ1v) is 29.8. The van der Waals surface area contributed by atoms with E-state index in [1.807, 2.05) is 82.6 Å². The second-order valence-corrected chi connectivity index (χ2v) is 23.9. The Labute approximate surface area is 498 Å². The van der Waals surface area contributed by atoms with Crippen LogP contribution in [0.5, 0.6) is 23.0 Å². The third-order valence-corrected chi connectivity index (χ3v) is 19.4. The van der Waals surface area contributed by atoms with Crippen LogP contribution in [0.15, 0.2) is 114 Å². The van der Waals surface area contributed by atoms with Crippen LogP contribution in [0, 0.1) is 11.8 Å². The summed E-state index contributed by atoms with van der Waals surface area (Å²) in [5.41, 5.74) is 18.6. The number of methoxy groups -OCH3 is 2. The van der Waals surface area contributed by atoms with Crippen molar-refractivity contribution in [3.8, 4) is 23.0 Å². The van der Waals surface area contributed by atoms with Crippen LogP contribution in [0.25, 0.3) is 32.0 Å². The Morgan fingerprint density at radius 2 is 1.02 bits per heavy atom. The summed E-state index contributed by atoms with van der Waals surface area (Å²) in [7, 11) is 3.04. The zero-order chi connectivity index (χ0) is 59.4. The Morgan fingerprint density at radius 1 is 0.581 bits per heavy atom. The maximum atomic E-state index is 14.5. The summed E-state index contributed by atoms with van der Waals surface area (Å²) in [5, 5.41) is 28.3. The zero-order valence-electron chi connectivity index (χ0n) is 48.5. The lowest BCUT2D eigenvalue weighted by molar-refractivity contribution is -0.134. The Bertz CT molecular complexity index is 3680. The summed E-state index contributed by atoms with van der Waals surface area (Å²) in [6.45, 7) is 11.0. The number of carbonyl (C=O) groups is 4. The number of fused-ring (bicyclic) bond motifs is 2. The van der Waals surface area contributed by atoms with E-state index in [1.54, 1.807) is 30.3 Å². The number of hydrogen-bond acceptors (Lipinski definition) is 16. The number of aromatic hydroxyl groups is 2. The highest BCUT2D eigenvalue weighted by Crippen LogP contribution is 2.58. The number of amides is 6. The van der Waals surface area contributed by atoms with Gasteiger partial charge in [-0.15, -0.1) is 0 Å². The number of carbonyl (C=O) groups excluding carboxylic acids is 4. The van der Waals surface area contributed by atoms with Gasteiger partial charge < -0.3 is 44.7 Å². The molecule has 0 radical (unpaired) electrons. The topological polar surface area (TPSA) is 246 Å². The summed E-state index contributed by atoms with van der Waals surface area (Å²) in [4.78, 5) is 76.2. The van der Waals surface area contributed by atoms with E-state index < -0.39 is 11.1 Å². The van der Waals surface area contributed by atoms with Gasteiger partial charge in [0.2, 0.25) is 0 Å². The third-order valence-electron chi connectivity index (χ3n) is 19.4. The minimum atomic E-state index is -0.980. The van der Waals surface area contributed by atoms with Crippen molar-refractivity contribution in [3.05, 3.63) is 142 Å². The molecule has 8 heterocycles. The van der Waals surface area contributed by atoms with Gasteiger partial charge in [0.15, 0.2) is 23.0 Å². The van der Waals surface area contributed by atoms with Crippen molar-refractivity contribution in [3.63, 3.8) is 0 Å². The van der Waals surface area contributed by atoms with Crippen LogP contribution < -0.4 is 15.2 Å². The Hall–Kier alpha value is -8.21. The molecule has 22 nitrogen and oxygen atoms in total. The predicted octanol–water partition coefficient (Wildman–Crippen LogP) is 7.46. The standard InChI is InChI=1S/C32H35N7O5.C32H37N5O5/c1-43-29-9-6-21(16-28(29)40)18-37-19-22-17-27(25-7-8-26(34-35-33)24-5-3-2-4-23(24)25)39-31(42)38(30(41)32(22,39)20-37)11-10-36-12-14-44-15-13-36;1-41-29-9-6-21(16-28(29)38)18-35-19-22-17-27(25-7-8-26(33)24-5-3-2-4-23(24)25)37-31(40)36(30(39)32(22,37)20-35)11-10-34-12-14-42-15-13-34/h2-9,16,22,27,40H,10-15,17-20H2,1H3;2-9,16,22,27,38H,10-15,17-20,33H2,1H3/t2*22-,27-,32+/m11/s1. The molecule has 22 heteroatoms. The molecule has 6 amide bonds. The lowest BCUT2D eigenvalue weighted by atomic mass is 9.87. The van der Waals surface area contributed by atoms with Crippen LogP contribution in [0.3, 0.4) is 0 Å². The van der Waals surface area contributed by atoms with Gasteiger partial charge in [-0.25, -0.2) is 9.59 Å². The fraction of sp³-hybridized carbons (Fsp3) is 0.438. The van der Waals surface area contributed by atoms with E-state index in [0.29, 0.717) is 128 Å². The summed E-state index contributed by atoms with van der Waals surface area (Å²) in [6.07, 6.45) is 1.34. The third kappa shape index (κ3) is 9.72. The maximum absolute atomic E-state index is 14.5. The average Bonchev–Trinajstić information content (AvgIpc) is 1.54. The number of urea groups is 2. The van der Waals surface area contributed by atoms with Gasteiger partial charge in [0, 0.05) is 125 Å². The SMILES string of the molecule is COc1ccc(CN2C[C@H]3C[C@H](c4ccc(N)c5ccccc45)N4C(=O)N(CCN5CCOCC5)C(=O)[C@]34C2)cc1O.COc1ccc(CN2C[C@H]3C[C@H](c4ccc(N=[N+]=[N-])c5ccccc45)N4C(=O)N(CCN5CCOCC5)C(=O)[C@]34C2)cc1O. The van der Waals surface area contributed by atoms with Gasteiger partial charge in [-0.2, -0.15) is 0 Å². The van der Waals surface area contributed by atoms with Gasteiger partial charge in [0.05, 0.1) is 52.7 Å². The van der Waals surface area contributed by atoms with Crippen LogP contribution in [-0.2, 0) is 32.2 Å². The summed E-state index contributed by atoms with van der Waals surface area (Å²) < 4.78 is 21.4. The Kier molecular flexibility index (Phi) is 15.4. The molecule has 0 aliphatic carbocycles. The highest BCUT2D eigenvalue weighted by molar-refractivity contribution is 6.10. The Balaban J connectivity index is 0.000000160. The first kappa shape index (κ1) is 56.9. The summed E-state index contributed by atoms with van der Waals surface area (Å²) in [5.74, 6) is 0.688. The zero-order valence-corrected chi connectivity index (χ0v) is 48.5. The number of nitrogens with zero attached hydrogens (tertiary/aromatic N) is 11. The first-order valence-electron chi connectivity index (χ1n) is 29.8. The lowest BCUT2D eigenvalue weighted by Crippen LogP contribution is -2.51. The van der Waals surface area contributed by atoms with Crippen LogP contribution in [-0.4, -0.2) is 204 Å². The van der Waals surface area contributed by atoms with Gasteiger partial charge in [-0.05, 0) is 87.1 Å². The van der Waals surface area contributed by atoms with Crippen molar-refractivity contribution in [2.75, 3.05) is 125 Å². The van der Waals surface area contributed by atoms with Crippen molar-refractivity contribution < 1.29 is 48.3 Å². The number of nitrogen functional groups attached to an aromatic ring is 1. The van der Waals surface area contributed by atoms with Gasteiger partial charge in [0.1, 0.15) is 11.1 Å². The number of anilines is 1. The van der Waals surface area contributed by atoms with E-state index >= 15 is 0 Å².